The molecule has 0 aromatic carbocycles. The minimum atomic E-state index is -0.0475. The molecule has 24 heavy (non-hydrogen) atoms. The lowest BCUT2D eigenvalue weighted by Gasteiger charge is -2.28. The average Bonchev–Trinajstić information content (AvgIpc) is 3.26. The van der Waals surface area contributed by atoms with Crippen molar-refractivity contribution in [2.75, 3.05) is 7.11 Å². The van der Waals surface area contributed by atoms with Crippen LogP contribution in [0.1, 0.15) is 48.0 Å². The second-order valence-electron chi connectivity index (χ2n) is 6.45. The van der Waals surface area contributed by atoms with E-state index >= 15 is 0 Å². The van der Waals surface area contributed by atoms with Gasteiger partial charge in [-0.2, -0.15) is 11.3 Å². The Morgan fingerprint density at radius 3 is 3.00 bits per heavy atom. The SMILES string of the molecule is CO[C@@H]1CCC[C@H](C(=O)N[C@H](Cc2ccsc2)c2nc(C)cs2)C1. The summed E-state index contributed by atoms with van der Waals surface area (Å²) in [6, 6.07) is 2.07. The molecule has 0 spiro atoms. The van der Waals surface area contributed by atoms with Gasteiger partial charge in [-0.1, -0.05) is 6.42 Å². The van der Waals surface area contributed by atoms with Gasteiger partial charge in [0.05, 0.1) is 12.1 Å². The van der Waals surface area contributed by atoms with Crippen LogP contribution in [0.25, 0.3) is 0 Å². The van der Waals surface area contributed by atoms with Gasteiger partial charge in [-0.05, 0) is 48.6 Å². The van der Waals surface area contributed by atoms with Crippen molar-refractivity contribution in [3.05, 3.63) is 38.5 Å². The molecule has 3 rings (SSSR count). The van der Waals surface area contributed by atoms with Crippen LogP contribution in [0.5, 0.6) is 0 Å². The molecule has 2 aromatic rings. The first kappa shape index (κ1) is 17.6. The lowest BCUT2D eigenvalue weighted by atomic mass is 9.86. The quantitative estimate of drug-likeness (QED) is 0.839. The highest BCUT2D eigenvalue weighted by molar-refractivity contribution is 7.09. The summed E-state index contributed by atoms with van der Waals surface area (Å²) in [7, 11) is 1.74. The first-order valence-corrected chi connectivity index (χ1v) is 10.2. The highest BCUT2D eigenvalue weighted by Gasteiger charge is 2.29. The maximum Gasteiger partial charge on any atom is 0.223 e. The molecule has 0 bridgehead atoms. The van der Waals surface area contributed by atoms with Crippen molar-refractivity contribution in [1.29, 1.82) is 0 Å². The fourth-order valence-electron chi connectivity index (χ4n) is 3.26. The zero-order chi connectivity index (χ0) is 16.9. The number of ether oxygens (including phenoxy) is 1. The van der Waals surface area contributed by atoms with Gasteiger partial charge in [0.15, 0.2) is 0 Å². The number of amides is 1. The maximum atomic E-state index is 12.8. The van der Waals surface area contributed by atoms with Crippen molar-refractivity contribution in [3.8, 4) is 0 Å². The van der Waals surface area contributed by atoms with E-state index in [1.165, 1.54) is 5.56 Å². The first-order chi connectivity index (χ1) is 11.7. The van der Waals surface area contributed by atoms with Crippen LogP contribution in [-0.2, 0) is 16.0 Å². The van der Waals surface area contributed by atoms with Crippen molar-refractivity contribution in [3.63, 3.8) is 0 Å². The Labute approximate surface area is 151 Å². The molecule has 2 aromatic heterocycles. The molecule has 0 aliphatic heterocycles. The number of carbonyl (C=O) groups excluding carboxylic acids is 1. The van der Waals surface area contributed by atoms with Crippen molar-refractivity contribution < 1.29 is 9.53 Å². The summed E-state index contributed by atoms with van der Waals surface area (Å²) in [6.07, 6.45) is 4.90. The van der Waals surface area contributed by atoms with E-state index in [-0.39, 0.29) is 24.0 Å². The summed E-state index contributed by atoms with van der Waals surface area (Å²) < 4.78 is 5.46. The Hall–Kier alpha value is -1.24. The zero-order valence-corrected chi connectivity index (χ0v) is 15.8. The molecule has 1 amide bonds. The van der Waals surface area contributed by atoms with E-state index in [1.54, 1.807) is 29.8 Å². The third kappa shape index (κ3) is 4.43. The summed E-state index contributed by atoms with van der Waals surface area (Å²) >= 11 is 3.31. The molecular formula is C18H24N2O2S2. The number of nitrogens with one attached hydrogen (secondary N) is 1. The molecule has 1 fully saturated rings. The summed E-state index contributed by atoms with van der Waals surface area (Å²) in [5, 5.41) is 10.5. The van der Waals surface area contributed by atoms with Gasteiger partial charge in [0, 0.05) is 30.5 Å². The van der Waals surface area contributed by atoms with Crippen LogP contribution in [0, 0.1) is 12.8 Å². The Balaban J connectivity index is 1.70. The Morgan fingerprint density at radius 1 is 1.46 bits per heavy atom. The van der Waals surface area contributed by atoms with Gasteiger partial charge >= 0.3 is 0 Å². The summed E-state index contributed by atoms with van der Waals surface area (Å²) in [5.41, 5.74) is 2.26. The molecule has 0 radical (unpaired) electrons. The number of hydrogen-bond acceptors (Lipinski definition) is 5. The summed E-state index contributed by atoms with van der Waals surface area (Å²) in [5.74, 6) is 0.194. The molecular weight excluding hydrogens is 340 g/mol. The average molecular weight is 365 g/mol. The Kier molecular flexibility index (Phi) is 6.03. The van der Waals surface area contributed by atoms with Crippen LogP contribution in [0.15, 0.2) is 22.2 Å². The minimum absolute atomic E-state index is 0.0475. The van der Waals surface area contributed by atoms with Crippen molar-refractivity contribution in [1.82, 2.24) is 10.3 Å². The fourth-order valence-corrected chi connectivity index (χ4v) is 4.79. The minimum Gasteiger partial charge on any atom is -0.381 e. The van der Waals surface area contributed by atoms with E-state index in [2.05, 4.69) is 27.1 Å². The van der Waals surface area contributed by atoms with E-state index in [0.717, 1.165) is 42.8 Å². The van der Waals surface area contributed by atoms with Gasteiger partial charge in [0.1, 0.15) is 5.01 Å². The standard InChI is InChI=1S/C18H24N2O2S2/c1-12-10-24-18(19-12)16(8-13-6-7-23-11-13)20-17(21)14-4-3-5-15(9-14)22-2/h6-7,10-11,14-16H,3-5,8-9H2,1-2H3,(H,20,21)/t14-,15+,16+/m0/s1. The number of aryl methyl sites for hydroxylation is 1. The molecule has 2 heterocycles. The largest absolute Gasteiger partial charge is 0.381 e. The Morgan fingerprint density at radius 2 is 2.33 bits per heavy atom. The molecule has 1 saturated carbocycles. The highest BCUT2D eigenvalue weighted by atomic mass is 32.1. The van der Waals surface area contributed by atoms with Gasteiger partial charge in [0.25, 0.3) is 0 Å². The van der Waals surface area contributed by atoms with Crippen molar-refractivity contribution in [2.24, 2.45) is 5.92 Å². The van der Waals surface area contributed by atoms with Crippen LogP contribution in [-0.4, -0.2) is 24.1 Å². The number of hydrogen-bond donors (Lipinski definition) is 1. The van der Waals surface area contributed by atoms with Crippen LogP contribution in [0.2, 0.25) is 0 Å². The lowest BCUT2D eigenvalue weighted by Crippen LogP contribution is -2.38. The van der Waals surface area contributed by atoms with Crippen LogP contribution < -0.4 is 5.32 Å². The van der Waals surface area contributed by atoms with Gasteiger partial charge in [-0.15, -0.1) is 11.3 Å². The van der Waals surface area contributed by atoms with Gasteiger partial charge in [0.2, 0.25) is 5.91 Å². The smallest absolute Gasteiger partial charge is 0.223 e. The molecule has 3 atom stereocenters. The predicted molar refractivity (Wildman–Crippen MR) is 98.5 cm³/mol. The third-order valence-electron chi connectivity index (χ3n) is 4.60. The molecule has 1 aliphatic carbocycles. The van der Waals surface area contributed by atoms with Crippen LogP contribution in [0.3, 0.4) is 0 Å². The second kappa shape index (κ2) is 8.23. The number of carbonyl (C=O) groups is 1. The number of thiazole rings is 1. The molecule has 0 saturated heterocycles. The number of rotatable bonds is 6. The Bertz CT molecular complexity index is 654. The highest BCUT2D eigenvalue weighted by Crippen LogP contribution is 2.28. The summed E-state index contributed by atoms with van der Waals surface area (Å²) in [4.78, 5) is 17.4. The van der Waals surface area contributed by atoms with Gasteiger partial charge < -0.3 is 10.1 Å². The van der Waals surface area contributed by atoms with Gasteiger partial charge in [-0.25, -0.2) is 4.98 Å². The van der Waals surface area contributed by atoms with Crippen molar-refractivity contribution in [2.45, 2.75) is 51.2 Å². The molecule has 4 nitrogen and oxygen atoms in total. The van der Waals surface area contributed by atoms with Gasteiger partial charge in [-0.3, -0.25) is 4.79 Å². The lowest BCUT2D eigenvalue weighted by molar-refractivity contribution is -0.128. The van der Waals surface area contributed by atoms with Crippen molar-refractivity contribution >= 4 is 28.6 Å². The molecule has 1 aliphatic rings. The van der Waals surface area contributed by atoms with E-state index in [4.69, 9.17) is 4.74 Å². The second-order valence-corrected chi connectivity index (χ2v) is 8.11. The van der Waals surface area contributed by atoms with E-state index in [1.807, 2.05) is 12.3 Å². The molecule has 130 valence electrons. The van der Waals surface area contributed by atoms with E-state index in [9.17, 15) is 4.79 Å². The fraction of sp³-hybridized carbons (Fsp3) is 0.556. The number of thiophene rings is 1. The first-order valence-electron chi connectivity index (χ1n) is 8.42. The van der Waals surface area contributed by atoms with E-state index < -0.39 is 0 Å². The third-order valence-corrected chi connectivity index (χ3v) is 6.41. The number of aromatic nitrogens is 1. The molecule has 6 heteroatoms. The molecule has 0 unspecified atom stereocenters. The van der Waals surface area contributed by atoms with Crippen LogP contribution in [0.4, 0.5) is 0 Å². The summed E-state index contributed by atoms with van der Waals surface area (Å²) in [6.45, 7) is 1.99. The number of nitrogens with zero attached hydrogens (tertiary/aromatic N) is 1. The topological polar surface area (TPSA) is 51.2 Å². The van der Waals surface area contributed by atoms with Crippen LogP contribution >= 0.6 is 22.7 Å². The normalized spacial score (nSPS) is 22.2. The maximum absolute atomic E-state index is 12.8. The predicted octanol–water partition coefficient (Wildman–Crippen LogP) is 4.12. The zero-order valence-electron chi connectivity index (χ0n) is 14.2. The molecule has 1 N–H and O–H groups in total. The monoisotopic (exact) mass is 364 g/mol. The van der Waals surface area contributed by atoms with E-state index in [0.29, 0.717) is 0 Å². The number of methoxy groups -OCH3 is 1.